The maximum atomic E-state index is 9.32. The van der Waals surface area contributed by atoms with Gasteiger partial charge in [-0.1, -0.05) is 26.2 Å². The molecule has 1 aliphatic rings. The van der Waals surface area contributed by atoms with Gasteiger partial charge in [-0.25, -0.2) is 0 Å². The van der Waals surface area contributed by atoms with E-state index in [0.717, 1.165) is 13.0 Å². The number of aliphatic hydroxyl groups is 1. The molecule has 0 aromatic rings. The molecule has 1 saturated heterocycles. The molecule has 2 nitrogen and oxygen atoms in total. The van der Waals surface area contributed by atoms with Crippen molar-refractivity contribution in [2.24, 2.45) is 0 Å². The van der Waals surface area contributed by atoms with Gasteiger partial charge in [0.25, 0.3) is 0 Å². The van der Waals surface area contributed by atoms with Crippen LogP contribution in [0.4, 0.5) is 0 Å². The summed E-state index contributed by atoms with van der Waals surface area (Å²) in [7, 11) is 0. The molecule has 0 aromatic heterocycles. The minimum atomic E-state index is -0.292. The van der Waals surface area contributed by atoms with Gasteiger partial charge in [-0.15, -0.1) is 0 Å². The third kappa shape index (κ3) is 2.17. The zero-order valence-electron chi connectivity index (χ0n) is 7.47. The van der Waals surface area contributed by atoms with Crippen LogP contribution in [-0.2, 0) is 4.74 Å². The Morgan fingerprint density at radius 2 is 2.18 bits per heavy atom. The number of hydrogen-bond donors (Lipinski definition) is 1. The van der Waals surface area contributed by atoms with Crippen LogP contribution in [0.1, 0.15) is 39.5 Å². The summed E-state index contributed by atoms with van der Waals surface area (Å²) in [6, 6.07) is 0. The van der Waals surface area contributed by atoms with Crippen LogP contribution >= 0.6 is 0 Å². The number of hydrogen-bond acceptors (Lipinski definition) is 2. The molecule has 11 heavy (non-hydrogen) atoms. The average Bonchev–Trinajstić information content (AvgIpc) is 2.70. The summed E-state index contributed by atoms with van der Waals surface area (Å²) >= 11 is 0. The molecule has 0 saturated carbocycles. The minimum Gasteiger partial charge on any atom is -0.390 e. The van der Waals surface area contributed by atoms with Gasteiger partial charge in [0, 0.05) is 0 Å². The van der Waals surface area contributed by atoms with Crippen molar-refractivity contribution in [1.29, 1.82) is 0 Å². The van der Waals surface area contributed by atoms with Crippen LogP contribution in [0, 0.1) is 0 Å². The molecule has 0 unspecified atom stereocenters. The molecule has 1 rings (SSSR count). The van der Waals surface area contributed by atoms with E-state index in [1.807, 2.05) is 6.92 Å². The van der Waals surface area contributed by atoms with Crippen LogP contribution in [0.5, 0.6) is 0 Å². The molecule has 1 N–H and O–H groups in total. The highest BCUT2D eigenvalue weighted by Crippen LogP contribution is 2.36. The Balaban J connectivity index is 2.14. The highest BCUT2D eigenvalue weighted by molar-refractivity contribution is 4.96. The first-order chi connectivity index (χ1) is 5.21. The molecule has 0 radical (unpaired) electrons. The predicted octanol–water partition coefficient (Wildman–Crippen LogP) is 1.72. The quantitative estimate of drug-likeness (QED) is 0.488. The van der Waals surface area contributed by atoms with Crippen LogP contribution in [0.25, 0.3) is 0 Å². The Labute approximate surface area is 68.6 Å². The third-order valence-electron chi connectivity index (χ3n) is 2.48. The summed E-state index contributed by atoms with van der Waals surface area (Å²) in [5.74, 6) is 0. The second-order valence-corrected chi connectivity index (χ2v) is 3.49. The Kier molecular flexibility index (Phi) is 2.90. The van der Waals surface area contributed by atoms with Crippen LogP contribution < -0.4 is 0 Å². The van der Waals surface area contributed by atoms with E-state index >= 15 is 0 Å². The van der Waals surface area contributed by atoms with E-state index in [-0.39, 0.29) is 11.7 Å². The van der Waals surface area contributed by atoms with Gasteiger partial charge in [-0.05, 0) is 13.3 Å². The lowest BCUT2D eigenvalue weighted by molar-refractivity contribution is 0.0824. The monoisotopic (exact) mass is 158 g/mol. The SMILES string of the molecule is CCCCC[C@@]1([C@@H](C)O)CO1. The largest absolute Gasteiger partial charge is 0.390 e. The van der Waals surface area contributed by atoms with Gasteiger partial charge in [-0.2, -0.15) is 0 Å². The molecule has 2 atom stereocenters. The Hall–Kier alpha value is -0.0800. The van der Waals surface area contributed by atoms with Crippen molar-refractivity contribution in [3.63, 3.8) is 0 Å². The highest BCUT2D eigenvalue weighted by Gasteiger charge is 2.48. The molecule has 2 heteroatoms. The van der Waals surface area contributed by atoms with Crippen molar-refractivity contribution in [3.05, 3.63) is 0 Å². The lowest BCUT2D eigenvalue weighted by Gasteiger charge is -2.13. The Bertz CT molecular complexity index is 117. The number of ether oxygens (including phenoxy) is 1. The Morgan fingerprint density at radius 3 is 2.55 bits per heavy atom. The van der Waals surface area contributed by atoms with Gasteiger partial charge >= 0.3 is 0 Å². The van der Waals surface area contributed by atoms with Crippen LogP contribution in [0.2, 0.25) is 0 Å². The summed E-state index contributed by atoms with van der Waals surface area (Å²) in [5.41, 5.74) is -0.144. The van der Waals surface area contributed by atoms with E-state index < -0.39 is 0 Å². The Morgan fingerprint density at radius 1 is 1.55 bits per heavy atom. The van der Waals surface area contributed by atoms with E-state index in [1.54, 1.807) is 0 Å². The van der Waals surface area contributed by atoms with Crippen molar-refractivity contribution >= 4 is 0 Å². The second kappa shape index (κ2) is 3.55. The fourth-order valence-electron chi connectivity index (χ4n) is 1.36. The topological polar surface area (TPSA) is 32.8 Å². The summed E-state index contributed by atoms with van der Waals surface area (Å²) in [6.07, 6.45) is 4.40. The fraction of sp³-hybridized carbons (Fsp3) is 1.00. The molecule has 1 heterocycles. The number of aliphatic hydroxyl groups excluding tert-OH is 1. The molecule has 66 valence electrons. The van der Waals surface area contributed by atoms with Crippen molar-refractivity contribution in [1.82, 2.24) is 0 Å². The maximum Gasteiger partial charge on any atom is 0.117 e. The first kappa shape index (κ1) is 9.01. The third-order valence-corrected chi connectivity index (χ3v) is 2.48. The molecule has 0 spiro atoms. The molecule has 0 amide bonds. The molecular formula is C9H18O2. The van der Waals surface area contributed by atoms with Gasteiger partial charge in [0.15, 0.2) is 0 Å². The second-order valence-electron chi connectivity index (χ2n) is 3.49. The zero-order chi connectivity index (χ0) is 8.32. The predicted molar refractivity (Wildman–Crippen MR) is 44.5 cm³/mol. The lowest BCUT2D eigenvalue weighted by atomic mass is 9.97. The summed E-state index contributed by atoms with van der Waals surface area (Å²) in [4.78, 5) is 0. The molecule has 0 bridgehead atoms. The fourth-order valence-corrected chi connectivity index (χ4v) is 1.36. The van der Waals surface area contributed by atoms with E-state index in [1.165, 1.54) is 19.3 Å². The van der Waals surface area contributed by atoms with Gasteiger partial charge in [0.1, 0.15) is 5.60 Å². The molecular weight excluding hydrogens is 140 g/mol. The van der Waals surface area contributed by atoms with Crippen molar-refractivity contribution in [2.45, 2.75) is 51.2 Å². The van der Waals surface area contributed by atoms with Crippen molar-refractivity contribution in [2.75, 3.05) is 6.61 Å². The molecule has 1 aliphatic heterocycles. The zero-order valence-corrected chi connectivity index (χ0v) is 7.47. The standard InChI is InChI=1S/C9H18O2/c1-3-4-5-6-9(7-11-9)8(2)10/h8,10H,3-7H2,1-2H3/t8-,9+/m1/s1. The first-order valence-corrected chi connectivity index (χ1v) is 4.53. The molecule has 0 aromatic carbocycles. The average molecular weight is 158 g/mol. The summed E-state index contributed by atoms with van der Waals surface area (Å²) in [6.45, 7) is 4.76. The molecule has 0 aliphatic carbocycles. The van der Waals surface area contributed by atoms with Crippen molar-refractivity contribution < 1.29 is 9.84 Å². The van der Waals surface area contributed by atoms with Crippen LogP contribution in [0.15, 0.2) is 0 Å². The van der Waals surface area contributed by atoms with Gasteiger partial charge in [-0.3, -0.25) is 0 Å². The van der Waals surface area contributed by atoms with E-state index in [4.69, 9.17) is 4.74 Å². The summed E-state index contributed by atoms with van der Waals surface area (Å²) < 4.78 is 5.25. The van der Waals surface area contributed by atoms with E-state index in [2.05, 4.69) is 6.92 Å². The number of unbranched alkanes of at least 4 members (excludes halogenated alkanes) is 2. The number of epoxide rings is 1. The maximum absolute atomic E-state index is 9.32. The lowest BCUT2D eigenvalue weighted by Crippen LogP contribution is -2.26. The van der Waals surface area contributed by atoms with Crippen molar-refractivity contribution in [3.8, 4) is 0 Å². The smallest absolute Gasteiger partial charge is 0.117 e. The summed E-state index contributed by atoms with van der Waals surface area (Å²) in [5, 5.41) is 9.32. The number of rotatable bonds is 5. The first-order valence-electron chi connectivity index (χ1n) is 4.53. The van der Waals surface area contributed by atoms with Crippen LogP contribution in [0.3, 0.4) is 0 Å². The van der Waals surface area contributed by atoms with E-state index in [0.29, 0.717) is 0 Å². The highest BCUT2D eigenvalue weighted by atomic mass is 16.6. The van der Waals surface area contributed by atoms with E-state index in [9.17, 15) is 5.11 Å². The molecule has 1 fully saturated rings. The normalized spacial score (nSPS) is 31.9. The van der Waals surface area contributed by atoms with Crippen LogP contribution in [-0.4, -0.2) is 23.4 Å². The minimum absolute atomic E-state index is 0.144. The van der Waals surface area contributed by atoms with Gasteiger partial charge < -0.3 is 9.84 Å². The van der Waals surface area contributed by atoms with Gasteiger partial charge in [0.2, 0.25) is 0 Å². The van der Waals surface area contributed by atoms with Gasteiger partial charge in [0.05, 0.1) is 12.7 Å².